The van der Waals surface area contributed by atoms with Crippen molar-refractivity contribution < 1.29 is 9.53 Å². The molecule has 0 aliphatic rings. The van der Waals surface area contributed by atoms with Crippen molar-refractivity contribution >= 4 is 22.5 Å². The van der Waals surface area contributed by atoms with Crippen LogP contribution in [0.2, 0.25) is 0 Å². The molecular formula is C15H19N3O2. The molecule has 106 valence electrons. The summed E-state index contributed by atoms with van der Waals surface area (Å²) in [7, 11) is 0. The van der Waals surface area contributed by atoms with Crippen LogP contribution in [-0.2, 0) is 4.79 Å². The number of anilines is 1. The zero-order valence-electron chi connectivity index (χ0n) is 11.7. The van der Waals surface area contributed by atoms with Gasteiger partial charge in [0.1, 0.15) is 11.3 Å². The Morgan fingerprint density at radius 1 is 1.45 bits per heavy atom. The molecule has 5 nitrogen and oxygen atoms in total. The summed E-state index contributed by atoms with van der Waals surface area (Å²) in [6.45, 7) is 3.95. The molecule has 0 radical (unpaired) electrons. The van der Waals surface area contributed by atoms with Crippen molar-refractivity contribution in [2.45, 2.75) is 26.3 Å². The number of fused-ring (bicyclic) bond motifs is 1. The molecule has 1 atom stereocenters. The Balaban J connectivity index is 2.11. The van der Waals surface area contributed by atoms with Crippen LogP contribution >= 0.6 is 0 Å². The predicted molar refractivity (Wildman–Crippen MR) is 79.5 cm³/mol. The third-order valence-electron chi connectivity index (χ3n) is 3.14. The van der Waals surface area contributed by atoms with E-state index in [1.165, 1.54) is 0 Å². The van der Waals surface area contributed by atoms with Crippen molar-refractivity contribution in [3.05, 3.63) is 30.5 Å². The van der Waals surface area contributed by atoms with Crippen molar-refractivity contribution in [2.75, 3.05) is 12.3 Å². The molecule has 2 rings (SSSR count). The lowest BCUT2D eigenvalue weighted by Gasteiger charge is -2.13. The molecule has 0 aliphatic heterocycles. The van der Waals surface area contributed by atoms with Crippen LogP contribution in [0.15, 0.2) is 30.5 Å². The molecule has 2 aromatic rings. The van der Waals surface area contributed by atoms with E-state index in [9.17, 15) is 4.79 Å². The first-order chi connectivity index (χ1) is 9.61. The fraction of sp³-hybridized carbons (Fsp3) is 0.333. The van der Waals surface area contributed by atoms with Crippen LogP contribution in [-0.4, -0.2) is 23.5 Å². The molecule has 20 heavy (non-hydrogen) atoms. The van der Waals surface area contributed by atoms with Gasteiger partial charge in [-0.2, -0.15) is 0 Å². The van der Waals surface area contributed by atoms with Crippen molar-refractivity contribution in [1.29, 1.82) is 0 Å². The first-order valence-electron chi connectivity index (χ1n) is 6.67. The smallest absolute Gasteiger partial charge is 0.258 e. The molecular weight excluding hydrogens is 254 g/mol. The number of carbonyl (C=O) groups excluding carboxylic acids is 1. The molecule has 0 aliphatic carbocycles. The third-order valence-corrected chi connectivity index (χ3v) is 3.14. The number of nitrogens with two attached hydrogens (primary N) is 1. The maximum absolute atomic E-state index is 11.7. The Kier molecular flexibility index (Phi) is 4.40. The van der Waals surface area contributed by atoms with Crippen LogP contribution in [0.4, 0.5) is 5.69 Å². The second-order valence-electron chi connectivity index (χ2n) is 4.72. The van der Waals surface area contributed by atoms with Gasteiger partial charge in [0.2, 0.25) is 0 Å². The maximum Gasteiger partial charge on any atom is 0.258 e. The highest BCUT2D eigenvalue weighted by Crippen LogP contribution is 2.27. The van der Waals surface area contributed by atoms with Gasteiger partial charge in [0, 0.05) is 23.3 Å². The predicted octanol–water partition coefficient (Wildman–Crippen LogP) is 2.11. The van der Waals surface area contributed by atoms with Crippen molar-refractivity contribution in [2.24, 2.45) is 0 Å². The van der Waals surface area contributed by atoms with E-state index in [0.29, 0.717) is 17.0 Å². The van der Waals surface area contributed by atoms with Crippen LogP contribution in [0, 0.1) is 0 Å². The summed E-state index contributed by atoms with van der Waals surface area (Å²) in [6.07, 6.45) is 2.56. The van der Waals surface area contributed by atoms with Gasteiger partial charge in [0.25, 0.3) is 5.91 Å². The Hall–Kier alpha value is -2.30. The van der Waals surface area contributed by atoms with E-state index in [-0.39, 0.29) is 18.6 Å². The molecule has 1 aromatic carbocycles. The van der Waals surface area contributed by atoms with E-state index in [4.69, 9.17) is 10.5 Å². The Bertz CT molecular complexity index is 613. The van der Waals surface area contributed by atoms with Crippen molar-refractivity contribution in [3.8, 4) is 5.75 Å². The summed E-state index contributed by atoms with van der Waals surface area (Å²) < 4.78 is 5.55. The van der Waals surface area contributed by atoms with E-state index < -0.39 is 0 Å². The minimum atomic E-state index is -0.139. The van der Waals surface area contributed by atoms with Gasteiger partial charge in [-0.05, 0) is 37.6 Å². The molecule has 0 fully saturated rings. The number of nitrogens with one attached hydrogen (secondary N) is 1. The molecule has 0 saturated heterocycles. The Labute approximate surface area is 118 Å². The summed E-state index contributed by atoms with van der Waals surface area (Å²) in [4.78, 5) is 16.0. The zero-order chi connectivity index (χ0) is 14.5. The average molecular weight is 273 g/mol. The fourth-order valence-corrected chi connectivity index (χ4v) is 1.85. The van der Waals surface area contributed by atoms with Gasteiger partial charge in [-0.25, -0.2) is 0 Å². The van der Waals surface area contributed by atoms with E-state index >= 15 is 0 Å². The zero-order valence-corrected chi connectivity index (χ0v) is 11.7. The molecule has 1 amide bonds. The number of rotatable bonds is 5. The highest BCUT2D eigenvalue weighted by Gasteiger charge is 2.09. The van der Waals surface area contributed by atoms with Gasteiger partial charge in [-0.15, -0.1) is 0 Å². The number of hydrogen-bond acceptors (Lipinski definition) is 4. The standard InChI is InChI=1S/C15H19N3O2/c1-3-10(2)18-14(19)9-20-13-7-6-12(16)11-5-4-8-17-15(11)13/h4-8,10H,3,9,16H2,1-2H3,(H,18,19). The lowest BCUT2D eigenvalue weighted by molar-refractivity contribution is -0.123. The van der Waals surface area contributed by atoms with E-state index in [1.54, 1.807) is 18.3 Å². The SMILES string of the molecule is CCC(C)NC(=O)COc1ccc(N)c2cccnc12. The number of pyridine rings is 1. The lowest BCUT2D eigenvalue weighted by Crippen LogP contribution is -2.35. The average Bonchev–Trinajstić information content (AvgIpc) is 2.46. The lowest BCUT2D eigenvalue weighted by atomic mass is 10.2. The summed E-state index contributed by atoms with van der Waals surface area (Å²) >= 11 is 0. The minimum absolute atomic E-state index is 0.0278. The maximum atomic E-state index is 11.7. The molecule has 1 heterocycles. The second-order valence-corrected chi connectivity index (χ2v) is 4.72. The normalized spacial score (nSPS) is 12.1. The summed E-state index contributed by atoms with van der Waals surface area (Å²) in [6, 6.07) is 7.34. The molecule has 0 bridgehead atoms. The number of aromatic nitrogens is 1. The molecule has 1 aromatic heterocycles. The molecule has 5 heteroatoms. The van der Waals surface area contributed by atoms with Crippen LogP contribution in [0.1, 0.15) is 20.3 Å². The summed E-state index contributed by atoms with van der Waals surface area (Å²) in [5, 5.41) is 3.68. The van der Waals surface area contributed by atoms with Gasteiger partial charge < -0.3 is 15.8 Å². The number of amides is 1. The van der Waals surface area contributed by atoms with Gasteiger partial charge >= 0.3 is 0 Å². The molecule has 3 N–H and O–H groups in total. The van der Waals surface area contributed by atoms with Gasteiger partial charge in [0.15, 0.2) is 6.61 Å². The fourth-order valence-electron chi connectivity index (χ4n) is 1.85. The highest BCUT2D eigenvalue weighted by molar-refractivity contribution is 5.94. The highest BCUT2D eigenvalue weighted by atomic mass is 16.5. The van der Waals surface area contributed by atoms with Crippen LogP contribution in [0.5, 0.6) is 5.75 Å². The Morgan fingerprint density at radius 2 is 2.25 bits per heavy atom. The summed E-state index contributed by atoms with van der Waals surface area (Å²) in [5.41, 5.74) is 7.20. The first kappa shape index (κ1) is 14.1. The second kappa shape index (κ2) is 6.23. The number of ether oxygens (including phenoxy) is 1. The minimum Gasteiger partial charge on any atom is -0.481 e. The van der Waals surface area contributed by atoms with E-state index in [1.807, 2.05) is 26.0 Å². The van der Waals surface area contributed by atoms with E-state index in [2.05, 4.69) is 10.3 Å². The number of nitrogens with zero attached hydrogens (tertiary/aromatic N) is 1. The quantitative estimate of drug-likeness (QED) is 0.818. The largest absolute Gasteiger partial charge is 0.481 e. The van der Waals surface area contributed by atoms with Gasteiger partial charge in [-0.3, -0.25) is 9.78 Å². The van der Waals surface area contributed by atoms with Crippen LogP contribution < -0.4 is 15.8 Å². The van der Waals surface area contributed by atoms with Crippen molar-refractivity contribution in [3.63, 3.8) is 0 Å². The monoisotopic (exact) mass is 273 g/mol. The number of nitrogen functional groups attached to an aromatic ring is 1. The molecule has 0 spiro atoms. The molecule has 0 saturated carbocycles. The third kappa shape index (κ3) is 3.17. The first-order valence-corrected chi connectivity index (χ1v) is 6.67. The van der Waals surface area contributed by atoms with Gasteiger partial charge in [0.05, 0.1) is 0 Å². The van der Waals surface area contributed by atoms with Crippen molar-refractivity contribution in [1.82, 2.24) is 10.3 Å². The van der Waals surface area contributed by atoms with Gasteiger partial charge in [-0.1, -0.05) is 6.92 Å². The number of hydrogen-bond donors (Lipinski definition) is 2. The van der Waals surface area contributed by atoms with Crippen LogP contribution in [0.25, 0.3) is 10.9 Å². The topological polar surface area (TPSA) is 77.2 Å². The number of benzene rings is 1. The molecule has 1 unspecified atom stereocenters. The van der Waals surface area contributed by atoms with E-state index in [0.717, 1.165) is 11.8 Å². The Morgan fingerprint density at radius 3 is 3.00 bits per heavy atom. The van der Waals surface area contributed by atoms with Crippen LogP contribution in [0.3, 0.4) is 0 Å². The number of carbonyl (C=O) groups is 1. The summed E-state index contributed by atoms with van der Waals surface area (Å²) in [5.74, 6) is 0.425.